The summed E-state index contributed by atoms with van der Waals surface area (Å²) in [5.74, 6) is 0. The largest absolute Gasteiger partial charge is 0.378 e. The van der Waals surface area contributed by atoms with Gasteiger partial charge in [0.1, 0.15) is 4.60 Å². The second kappa shape index (κ2) is 4.23. The Labute approximate surface area is 89.9 Å². The van der Waals surface area contributed by atoms with Crippen LogP contribution >= 0.6 is 15.9 Å². The molecule has 4 nitrogen and oxygen atoms in total. The second-order valence-corrected chi connectivity index (χ2v) is 3.61. The maximum atomic E-state index is 4.11. The van der Waals surface area contributed by atoms with Gasteiger partial charge in [-0.15, -0.1) is 0 Å². The minimum absolute atomic E-state index is 0.726. The van der Waals surface area contributed by atoms with Crippen LogP contribution in [0.3, 0.4) is 0 Å². The van der Waals surface area contributed by atoms with Gasteiger partial charge in [0, 0.05) is 6.20 Å². The van der Waals surface area contributed by atoms with Gasteiger partial charge < -0.3 is 10.3 Å². The molecule has 0 aliphatic carbocycles. The predicted octanol–water partition coefficient (Wildman–Crippen LogP) is 2.18. The molecule has 0 atom stereocenters. The number of nitrogens with one attached hydrogen (secondary N) is 2. The summed E-state index contributed by atoms with van der Waals surface area (Å²) in [5.41, 5.74) is 2.04. The van der Waals surface area contributed by atoms with Crippen LogP contribution in [0.5, 0.6) is 0 Å². The first kappa shape index (κ1) is 9.21. The Morgan fingerprint density at radius 3 is 2.93 bits per heavy atom. The normalized spacial score (nSPS) is 10.1. The Kier molecular flexibility index (Phi) is 2.78. The van der Waals surface area contributed by atoms with Crippen LogP contribution in [0.15, 0.2) is 35.5 Å². The van der Waals surface area contributed by atoms with E-state index in [1.165, 1.54) is 0 Å². The second-order valence-electron chi connectivity index (χ2n) is 2.80. The zero-order valence-electron chi connectivity index (χ0n) is 7.37. The zero-order chi connectivity index (χ0) is 9.80. The lowest BCUT2D eigenvalue weighted by molar-refractivity contribution is 1.07. The van der Waals surface area contributed by atoms with Crippen molar-refractivity contribution in [3.63, 3.8) is 0 Å². The highest BCUT2D eigenvalue weighted by molar-refractivity contribution is 9.10. The molecule has 5 heteroatoms. The van der Waals surface area contributed by atoms with Gasteiger partial charge >= 0.3 is 0 Å². The van der Waals surface area contributed by atoms with E-state index in [1.54, 1.807) is 18.7 Å². The van der Waals surface area contributed by atoms with Crippen LogP contribution in [0, 0.1) is 0 Å². The van der Waals surface area contributed by atoms with E-state index in [9.17, 15) is 0 Å². The molecule has 2 heterocycles. The van der Waals surface area contributed by atoms with Crippen molar-refractivity contribution in [1.82, 2.24) is 15.0 Å². The van der Waals surface area contributed by atoms with Gasteiger partial charge in [-0.25, -0.2) is 9.97 Å². The summed E-state index contributed by atoms with van der Waals surface area (Å²) in [6.07, 6.45) is 5.23. The van der Waals surface area contributed by atoms with Crippen LogP contribution < -0.4 is 5.32 Å². The SMILES string of the molecule is Brc1ccc(NCc2cnc[nH]2)cn1. The standard InChI is InChI=1S/C9H9BrN4/c10-9-2-1-7(4-13-9)12-5-8-3-11-6-14-8/h1-4,6,12H,5H2,(H,11,14). The third kappa shape index (κ3) is 2.32. The monoisotopic (exact) mass is 252 g/mol. The average molecular weight is 253 g/mol. The summed E-state index contributed by atoms with van der Waals surface area (Å²) < 4.78 is 0.838. The maximum absolute atomic E-state index is 4.11. The summed E-state index contributed by atoms with van der Waals surface area (Å²) in [4.78, 5) is 11.1. The maximum Gasteiger partial charge on any atom is 0.106 e. The van der Waals surface area contributed by atoms with Crippen molar-refractivity contribution in [1.29, 1.82) is 0 Å². The van der Waals surface area contributed by atoms with Crippen molar-refractivity contribution < 1.29 is 0 Å². The summed E-state index contributed by atoms with van der Waals surface area (Å²) >= 11 is 3.28. The van der Waals surface area contributed by atoms with Gasteiger partial charge in [0.2, 0.25) is 0 Å². The Bertz CT molecular complexity index is 382. The molecule has 0 unspecified atom stereocenters. The quantitative estimate of drug-likeness (QED) is 0.824. The fraction of sp³-hybridized carbons (Fsp3) is 0.111. The third-order valence-electron chi connectivity index (χ3n) is 1.77. The van der Waals surface area contributed by atoms with E-state index in [-0.39, 0.29) is 0 Å². The Morgan fingerprint density at radius 1 is 1.36 bits per heavy atom. The van der Waals surface area contributed by atoms with Gasteiger partial charge in [0.05, 0.1) is 30.5 Å². The molecule has 0 aliphatic rings. The smallest absolute Gasteiger partial charge is 0.106 e. The number of aromatic amines is 1. The van der Waals surface area contributed by atoms with E-state index >= 15 is 0 Å². The Balaban J connectivity index is 1.95. The Morgan fingerprint density at radius 2 is 2.29 bits per heavy atom. The third-order valence-corrected chi connectivity index (χ3v) is 2.23. The number of hydrogen-bond donors (Lipinski definition) is 2. The first-order valence-corrected chi connectivity index (χ1v) is 4.96. The number of aromatic nitrogens is 3. The van der Waals surface area contributed by atoms with E-state index in [0.717, 1.165) is 22.5 Å². The molecule has 0 fully saturated rings. The lowest BCUT2D eigenvalue weighted by Gasteiger charge is -2.03. The molecule has 14 heavy (non-hydrogen) atoms. The van der Waals surface area contributed by atoms with Gasteiger partial charge in [0.15, 0.2) is 0 Å². The highest BCUT2D eigenvalue weighted by Crippen LogP contribution is 2.10. The van der Waals surface area contributed by atoms with E-state index in [0.29, 0.717) is 0 Å². The van der Waals surface area contributed by atoms with Crippen LogP contribution in [-0.4, -0.2) is 15.0 Å². The molecule has 0 spiro atoms. The fourth-order valence-electron chi connectivity index (χ4n) is 1.06. The fourth-order valence-corrected chi connectivity index (χ4v) is 1.29. The topological polar surface area (TPSA) is 53.6 Å². The van der Waals surface area contributed by atoms with Crippen molar-refractivity contribution >= 4 is 21.6 Å². The number of halogens is 1. The summed E-state index contributed by atoms with van der Waals surface area (Å²) in [5, 5.41) is 3.22. The molecule has 0 amide bonds. The molecule has 0 saturated heterocycles. The molecular formula is C9H9BrN4. The molecule has 0 saturated carbocycles. The summed E-state index contributed by atoms with van der Waals surface area (Å²) in [6, 6.07) is 3.86. The summed E-state index contributed by atoms with van der Waals surface area (Å²) in [6.45, 7) is 0.726. The predicted molar refractivity (Wildman–Crippen MR) is 57.9 cm³/mol. The number of H-pyrrole nitrogens is 1. The van der Waals surface area contributed by atoms with Gasteiger partial charge in [-0.1, -0.05) is 0 Å². The van der Waals surface area contributed by atoms with E-state index in [1.807, 2.05) is 12.1 Å². The molecule has 2 aromatic heterocycles. The van der Waals surface area contributed by atoms with Gasteiger partial charge in [0.25, 0.3) is 0 Å². The van der Waals surface area contributed by atoms with E-state index < -0.39 is 0 Å². The van der Waals surface area contributed by atoms with Crippen LogP contribution in [-0.2, 0) is 6.54 Å². The molecule has 2 N–H and O–H groups in total. The van der Waals surface area contributed by atoms with Gasteiger partial charge in [-0.2, -0.15) is 0 Å². The molecule has 2 rings (SSSR count). The first-order chi connectivity index (χ1) is 6.84. The number of rotatable bonds is 3. The van der Waals surface area contributed by atoms with Crippen molar-refractivity contribution in [3.8, 4) is 0 Å². The molecule has 72 valence electrons. The highest BCUT2D eigenvalue weighted by atomic mass is 79.9. The molecule has 0 bridgehead atoms. The molecule has 0 aromatic carbocycles. The van der Waals surface area contributed by atoms with Crippen LogP contribution in [0.4, 0.5) is 5.69 Å². The molecule has 2 aromatic rings. The number of hydrogen-bond acceptors (Lipinski definition) is 3. The zero-order valence-corrected chi connectivity index (χ0v) is 8.95. The average Bonchev–Trinajstić information content (AvgIpc) is 2.70. The number of anilines is 1. The van der Waals surface area contributed by atoms with E-state index in [4.69, 9.17) is 0 Å². The first-order valence-electron chi connectivity index (χ1n) is 4.17. The molecule has 0 aliphatic heterocycles. The van der Waals surface area contributed by atoms with Gasteiger partial charge in [-0.3, -0.25) is 0 Å². The Hall–Kier alpha value is -1.36. The molecule has 0 radical (unpaired) electrons. The number of pyridine rings is 1. The van der Waals surface area contributed by atoms with Crippen LogP contribution in [0.25, 0.3) is 0 Å². The van der Waals surface area contributed by atoms with Crippen molar-refractivity contribution in [2.75, 3.05) is 5.32 Å². The van der Waals surface area contributed by atoms with E-state index in [2.05, 4.69) is 36.2 Å². The van der Waals surface area contributed by atoms with Gasteiger partial charge in [-0.05, 0) is 28.1 Å². The van der Waals surface area contributed by atoms with Crippen molar-refractivity contribution in [2.24, 2.45) is 0 Å². The van der Waals surface area contributed by atoms with Crippen LogP contribution in [0.1, 0.15) is 5.69 Å². The molecular weight excluding hydrogens is 244 g/mol. The number of imidazole rings is 1. The summed E-state index contributed by atoms with van der Waals surface area (Å²) in [7, 11) is 0. The lowest BCUT2D eigenvalue weighted by Crippen LogP contribution is -1.99. The van der Waals surface area contributed by atoms with Crippen LogP contribution in [0.2, 0.25) is 0 Å². The lowest BCUT2D eigenvalue weighted by atomic mass is 10.4. The minimum Gasteiger partial charge on any atom is -0.378 e. The number of nitrogens with zero attached hydrogens (tertiary/aromatic N) is 2. The minimum atomic E-state index is 0.726. The van der Waals surface area contributed by atoms with Crippen molar-refractivity contribution in [3.05, 3.63) is 41.2 Å². The highest BCUT2D eigenvalue weighted by Gasteiger charge is 1.94. The van der Waals surface area contributed by atoms with Crippen molar-refractivity contribution in [2.45, 2.75) is 6.54 Å².